The van der Waals surface area contributed by atoms with Crippen LogP contribution in [0.1, 0.15) is 51.9 Å². The molecule has 0 bridgehead atoms. The van der Waals surface area contributed by atoms with Gasteiger partial charge in [0.05, 0.1) is 44.2 Å². The van der Waals surface area contributed by atoms with E-state index in [4.69, 9.17) is 73.1 Å². The summed E-state index contributed by atoms with van der Waals surface area (Å²) in [5.41, 5.74) is 19.3. The van der Waals surface area contributed by atoms with Crippen molar-refractivity contribution < 1.29 is 47.2 Å². The number of nitrogens with two attached hydrogens (primary N) is 3. The Kier molecular flexibility index (Phi) is 12.1. The fraction of sp³-hybridized carbons (Fsp3) is 0.576. The van der Waals surface area contributed by atoms with Gasteiger partial charge in [-0.25, -0.2) is 34.7 Å². The number of hydrogen-bond acceptors (Lipinski definition) is 21. The monoisotopic (exact) mass is 925 g/mol. The molecule has 0 aliphatic carbocycles. The fourth-order valence-electron chi connectivity index (χ4n) is 7.93. The van der Waals surface area contributed by atoms with Gasteiger partial charge in [-0.3, -0.25) is 13.7 Å². The van der Waals surface area contributed by atoms with Crippen LogP contribution in [0.2, 0.25) is 0 Å². The first-order valence-electron chi connectivity index (χ1n) is 19.0. The van der Waals surface area contributed by atoms with Gasteiger partial charge < -0.3 is 64.4 Å². The van der Waals surface area contributed by atoms with Gasteiger partial charge in [0.1, 0.15) is 66.5 Å². The number of hydrogen-bond donors (Lipinski definition) is 6. The Morgan fingerprint density at radius 2 is 1.20 bits per heavy atom. The molecular formula is C33H45N13O11P2S2. The van der Waals surface area contributed by atoms with Crippen LogP contribution in [0.5, 0.6) is 0 Å². The smallest absolute Gasteiger partial charge is 0.351 e. The molecule has 8 heterocycles. The first-order valence-corrected chi connectivity index (χ1v) is 24.2. The van der Waals surface area contributed by atoms with Crippen molar-refractivity contribution in [1.82, 2.24) is 48.6 Å². The molecule has 61 heavy (non-hydrogen) atoms. The summed E-state index contributed by atoms with van der Waals surface area (Å²) in [6.07, 6.45) is -0.751. The van der Waals surface area contributed by atoms with Crippen molar-refractivity contribution in [2.24, 2.45) is 17.8 Å². The molecule has 5 aromatic heterocycles. The molecule has 3 saturated heterocycles. The Morgan fingerprint density at radius 3 is 1.79 bits per heavy atom. The second-order valence-corrected chi connectivity index (χ2v) is 20.8. The molecule has 8 rings (SSSR count). The number of aliphatic hydroxyl groups excluding tert-OH is 1. The summed E-state index contributed by atoms with van der Waals surface area (Å²) < 4.78 is 47.1. The zero-order valence-corrected chi connectivity index (χ0v) is 36.7. The molecule has 3 aliphatic heterocycles. The molecule has 5 aromatic rings. The predicted molar refractivity (Wildman–Crippen MR) is 223 cm³/mol. The van der Waals surface area contributed by atoms with E-state index in [1.165, 1.54) is 29.7 Å². The summed E-state index contributed by atoms with van der Waals surface area (Å²) in [4.78, 5) is 65.0. The van der Waals surface area contributed by atoms with Crippen molar-refractivity contribution in [2.45, 2.75) is 89.9 Å². The van der Waals surface area contributed by atoms with Gasteiger partial charge in [-0.2, -0.15) is 4.98 Å². The van der Waals surface area contributed by atoms with Crippen molar-refractivity contribution in [1.29, 1.82) is 0 Å². The molecule has 3 fully saturated rings. The van der Waals surface area contributed by atoms with Gasteiger partial charge in [-0.15, -0.1) is 0 Å². The molecule has 3 aliphatic rings. The second-order valence-electron chi connectivity index (χ2n) is 15.3. The minimum absolute atomic E-state index is 0.0451. The summed E-state index contributed by atoms with van der Waals surface area (Å²) in [6.45, 7) is -0.240. The van der Waals surface area contributed by atoms with E-state index in [1.807, 2.05) is 6.92 Å². The number of fused-ring (bicyclic) bond motifs is 2. The van der Waals surface area contributed by atoms with Gasteiger partial charge in [0, 0.05) is 29.5 Å². The molecule has 0 radical (unpaired) electrons. The lowest BCUT2D eigenvalue weighted by Crippen LogP contribution is -2.34. The maximum Gasteiger partial charge on any atom is 0.351 e. The Morgan fingerprint density at radius 1 is 0.705 bits per heavy atom. The molecule has 24 nitrogen and oxygen atoms in total. The number of aryl methyl sites for hydroxylation is 1. The minimum atomic E-state index is -4.17. The van der Waals surface area contributed by atoms with Crippen LogP contribution in [0, 0.1) is 24.7 Å². The maximum atomic E-state index is 13.1. The van der Waals surface area contributed by atoms with Crippen molar-refractivity contribution in [3.05, 3.63) is 47.6 Å². The number of aromatic nitrogens is 10. The molecule has 0 saturated carbocycles. The second kappa shape index (κ2) is 16.8. The normalized spacial score (nSPS) is 32.5. The summed E-state index contributed by atoms with van der Waals surface area (Å²) in [5, 5.41) is 11.2. The van der Waals surface area contributed by atoms with Gasteiger partial charge >= 0.3 is 19.1 Å². The predicted octanol–water partition coefficient (Wildman–Crippen LogP) is 1.20. The van der Waals surface area contributed by atoms with E-state index >= 15 is 0 Å². The van der Waals surface area contributed by atoms with E-state index in [2.05, 4.69) is 34.9 Å². The molecule has 0 aromatic carbocycles. The van der Waals surface area contributed by atoms with Crippen molar-refractivity contribution >= 4 is 76.8 Å². The zero-order chi connectivity index (χ0) is 43.7. The standard InChI is InChI=1S/C33H45N13O11P2S2/c1-13-6-44(33(48)43-25(13)34)31-16(4)24(57-59(50,61)51-7-18-22(47)14(2)30(54-18)45-11-41-20-26(35)37-9-39-28(20)45)19(55-31)8-52-58(49,60)56-23-15(3)32(53-17(23)5)46-12-42-21-27(36)38-10-40-29(21)46/h6,9-12,14-19,22-24,30-32,47H,7-8H2,1-5H3,(H,49,60)(H,50,61)(H2,34,43,48)(H2,35,37,39)(H2,36,38,40)/t14-,15-,16-,17+,18+,19+,22?,23?,24?,30+,31+,32+,58?,59?/m0/s1. The fourth-order valence-corrected chi connectivity index (χ4v) is 11.0. The van der Waals surface area contributed by atoms with Crippen molar-refractivity contribution in [2.75, 3.05) is 30.4 Å². The van der Waals surface area contributed by atoms with Crippen LogP contribution in [0.4, 0.5) is 17.5 Å². The van der Waals surface area contributed by atoms with Gasteiger partial charge in [0.2, 0.25) is 0 Å². The Bertz CT molecular complexity index is 2600. The highest BCUT2D eigenvalue weighted by atomic mass is 32.5. The van der Waals surface area contributed by atoms with E-state index in [0.29, 0.717) is 27.9 Å². The van der Waals surface area contributed by atoms with E-state index in [0.717, 1.165) is 0 Å². The van der Waals surface area contributed by atoms with Crippen LogP contribution in [-0.4, -0.2) is 113 Å². The molecule has 28 heteroatoms. The lowest BCUT2D eigenvalue weighted by molar-refractivity contribution is -0.0528. The number of rotatable bonds is 13. The highest BCUT2D eigenvalue weighted by Gasteiger charge is 2.50. The molecule has 14 atom stereocenters. The highest BCUT2D eigenvalue weighted by molar-refractivity contribution is 8.07. The number of anilines is 3. The first kappa shape index (κ1) is 43.9. The van der Waals surface area contributed by atoms with Crippen LogP contribution in [0.3, 0.4) is 0 Å². The van der Waals surface area contributed by atoms with E-state index in [1.54, 1.807) is 43.2 Å². The Balaban J connectivity index is 0.965. The third kappa shape index (κ3) is 8.43. The molecule has 0 amide bonds. The molecule has 330 valence electrons. The van der Waals surface area contributed by atoms with E-state index < -0.39 is 92.9 Å². The van der Waals surface area contributed by atoms with Crippen LogP contribution in [0.15, 0.2) is 36.3 Å². The third-order valence-corrected chi connectivity index (χ3v) is 14.3. The zero-order valence-electron chi connectivity index (χ0n) is 33.3. The molecular weight excluding hydrogens is 881 g/mol. The number of aliphatic hydroxyl groups is 1. The summed E-state index contributed by atoms with van der Waals surface area (Å²) in [5.74, 6) is -1.12. The number of nitrogen functional groups attached to an aromatic ring is 3. The Hall–Kier alpha value is -3.72. The van der Waals surface area contributed by atoms with E-state index in [9.17, 15) is 19.7 Å². The number of ether oxygens (including phenoxy) is 3. The van der Waals surface area contributed by atoms with Crippen molar-refractivity contribution in [3.8, 4) is 0 Å². The summed E-state index contributed by atoms with van der Waals surface area (Å²) in [6, 6.07) is 0. The quantitative estimate of drug-likeness (QED) is 0.0904. The van der Waals surface area contributed by atoms with E-state index in [-0.39, 0.29) is 30.0 Å². The average Bonchev–Trinajstić information content (AvgIpc) is 4.01. The first-order chi connectivity index (χ1) is 28.8. The van der Waals surface area contributed by atoms with Crippen LogP contribution < -0.4 is 22.9 Å². The van der Waals surface area contributed by atoms with Crippen molar-refractivity contribution in [3.63, 3.8) is 0 Å². The average molecular weight is 926 g/mol. The maximum absolute atomic E-state index is 13.1. The number of nitrogens with zero attached hydrogens (tertiary/aromatic N) is 10. The summed E-state index contributed by atoms with van der Waals surface area (Å²) in [7, 11) is 0. The number of imidazole rings is 2. The van der Waals surface area contributed by atoms with Gasteiger partial charge in [0.25, 0.3) is 0 Å². The van der Waals surface area contributed by atoms with Crippen LogP contribution in [-0.2, 0) is 55.9 Å². The lowest BCUT2D eigenvalue weighted by atomic mass is 10.0. The third-order valence-electron chi connectivity index (χ3n) is 11.2. The topological polar surface area (TPSA) is 325 Å². The van der Waals surface area contributed by atoms with Crippen LogP contribution in [0.25, 0.3) is 22.3 Å². The van der Waals surface area contributed by atoms with Gasteiger partial charge in [0.15, 0.2) is 22.9 Å². The largest absolute Gasteiger partial charge is 0.390 e. The molecule has 0 spiro atoms. The molecule has 5 unspecified atom stereocenters. The summed E-state index contributed by atoms with van der Waals surface area (Å²) >= 11 is 11.0. The SMILES string of the molecule is Cc1cn([C@@H]2O[C@H](COP(O)(=S)OC3[C@@H](C)O[C@@H](n4cnc5c(N)ncnc54)[C@H]3C)C(OP(O)(=S)OC[C@H]3O[C@@H](n4cnc5c(N)ncnc54)[C@@H](C)C3O)[C@@H]2C)c(=O)nc1N. The van der Waals surface area contributed by atoms with Gasteiger partial charge in [-0.1, -0.05) is 20.8 Å². The Labute approximate surface area is 357 Å². The molecule has 9 N–H and O–H groups in total. The van der Waals surface area contributed by atoms with Gasteiger partial charge in [-0.05, 0) is 37.5 Å². The highest BCUT2D eigenvalue weighted by Crippen LogP contribution is 2.54. The minimum Gasteiger partial charge on any atom is -0.390 e. The van der Waals surface area contributed by atoms with Crippen LogP contribution >= 0.6 is 13.4 Å². The lowest BCUT2D eigenvalue weighted by Gasteiger charge is -2.28.